The van der Waals surface area contributed by atoms with Crippen molar-refractivity contribution in [2.75, 3.05) is 0 Å². The van der Waals surface area contributed by atoms with Gasteiger partial charge in [-0.05, 0) is 28.1 Å². The summed E-state index contributed by atoms with van der Waals surface area (Å²) in [5, 5.41) is 14.8. The molecule has 2 heterocycles. The van der Waals surface area contributed by atoms with E-state index in [0.717, 1.165) is 4.68 Å². The predicted molar refractivity (Wildman–Crippen MR) is 81.1 cm³/mol. The average molecular weight is 381 g/mol. The van der Waals surface area contributed by atoms with Crippen molar-refractivity contribution in [2.24, 2.45) is 0 Å². The molecular formula is C14H7BrF2N4O2. The average Bonchev–Trinajstić information content (AvgIpc) is 2.89. The van der Waals surface area contributed by atoms with Crippen molar-refractivity contribution in [3.8, 4) is 16.9 Å². The zero-order valence-electron chi connectivity index (χ0n) is 11.3. The molecule has 0 saturated carbocycles. The summed E-state index contributed by atoms with van der Waals surface area (Å²) in [6.45, 7) is 0. The minimum atomic E-state index is -1.08. The van der Waals surface area contributed by atoms with E-state index in [1.54, 1.807) is 24.5 Å². The lowest BCUT2D eigenvalue weighted by atomic mass is 10.2. The lowest BCUT2D eigenvalue weighted by Gasteiger charge is -2.05. The monoisotopic (exact) mass is 380 g/mol. The van der Waals surface area contributed by atoms with E-state index in [1.807, 2.05) is 0 Å². The highest BCUT2D eigenvalue weighted by atomic mass is 79.9. The molecule has 6 nitrogen and oxygen atoms in total. The second-order valence-electron chi connectivity index (χ2n) is 4.52. The molecule has 0 aliphatic rings. The molecule has 0 radical (unpaired) electrons. The molecule has 1 aromatic carbocycles. The molecule has 9 heteroatoms. The molecule has 0 amide bonds. The van der Waals surface area contributed by atoms with E-state index in [-0.39, 0.29) is 0 Å². The molecule has 3 aromatic rings. The minimum Gasteiger partial charge on any atom is -0.265 e. The lowest BCUT2D eigenvalue weighted by molar-refractivity contribution is -0.385. The molecule has 0 aliphatic heterocycles. The van der Waals surface area contributed by atoms with Crippen LogP contribution in [-0.4, -0.2) is 19.7 Å². The lowest BCUT2D eigenvalue weighted by Crippen LogP contribution is -2.04. The molecule has 2 aromatic heterocycles. The van der Waals surface area contributed by atoms with Gasteiger partial charge in [-0.3, -0.25) is 15.1 Å². The second kappa shape index (κ2) is 5.84. The molecular weight excluding hydrogens is 374 g/mol. The van der Waals surface area contributed by atoms with Crippen LogP contribution in [0.5, 0.6) is 0 Å². The summed E-state index contributed by atoms with van der Waals surface area (Å²) in [6.07, 6.45) is 4.50. The van der Waals surface area contributed by atoms with Crippen molar-refractivity contribution in [1.82, 2.24) is 14.8 Å². The smallest absolute Gasteiger partial charge is 0.265 e. The van der Waals surface area contributed by atoms with Crippen LogP contribution in [0.25, 0.3) is 16.9 Å². The largest absolute Gasteiger partial charge is 0.275 e. The fourth-order valence-electron chi connectivity index (χ4n) is 2.05. The number of nitro groups is 1. The first-order valence-corrected chi connectivity index (χ1v) is 7.06. The summed E-state index contributed by atoms with van der Waals surface area (Å²) in [4.78, 5) is 13.7. The third-order valence-electron chi connectivity index (χ3n) is 3.06. The van der Waals surface area contributed by atoms with E-state index >= 15 is 0 Å². The fraction of sp³-hybridized carbons (Fsp3) is 0. The maximum atomic E-state index is 14.1. The summed E-state index contributed by atoms with van der Waals surface area (Å²) in [5.74, 6) is -2.15. The zero-order chi connectivity index (χ0) is 16.6. The van der Waals surface area contributed by atoms with Gasteiger partial charge in [0.15, 0.2) is 11.6 Å². The van der Waals surface area contributed by atoms with Crippen LogP contribution in [0.1, 0.15) is 0 Å². The van der Waals surface area contributed by atoms with E-state index < -0.39 is 27.9 Å². The van der Waals surface area contributed by atoms with Crippen molar-refractivity contribution >= 4 is 21.6 Å². The standard InChI is InChI=1S/C14H7BrF2N4O2/c15-10-7-20(19-13(10)8-1-3-18-4-2-8)14-11(16)5-9(21(22)23)6-12(14)17/h1-7H. The maximum absolute atomic E-state index is 14.1. The van der Waals surface area contributed by atoms with Crippen LogP contribution in [0.4, 0.5) is 14.5 Å². The molecule has 0 unspecified atom stereocenters. The second-order valence-corrected chi connectivity index (χ2v) is 5.38. The number of aromatic nitrogens is 3. The molecule has 116 valence electrons. The topological polar surface area (TPSA) is 73.8 Å². The number of hydrogen-bond acceptors (Lipinski definition) is 4. The number of pyridine rings is 1. The highest BCUT2D eigenvalue weighted by Gasteiger charge is 2.20. The van der Waals surface area contributed by atoms with Gasteiger partial charge in [-0.1, -0.05) is 0 Å². The Hall–Kier alpha value is -2.68. The molecule has 23 heavy (non-hydrogen) atoms. The molecule has 3 rings (SSSR count). The number of nitrogens with zero attached hydrogens (tertiary/aromatic N) is 4. The molecule has 0 bridgehead atoms. The Morgan fingerprint density at radius 1 is 1.17 bits per heavy atom. The molecule has 0 N–H and O–H groups in total. The quantitative estimate of drug-likeness (QED) is 0.510. The van der Waals surface area contributed by atoms with Crippen molar-refractivity contribution in [3.05, 3.63) is 69.1 Å². The summed E-state index contributed by atoms with van der Waals surface area (Å²) >= 11 is 3.28. The van der Waals surface area contributed by atoms with E-state index in [9.17, 15) is 18.9 Å². The van der Waals surface area contributed by atoms with Gasteiger partial charge in [0.2, 0.25) is 0 Å². The van der Waals surface area contributed by atoms with Gasteiger partial charge in [0, 0.05) is 24.2 Å². The van der Waals surface area contributed by atoms with Gasteiger partial charge in [0.05, 0.1) is 21.5 Å². The third-order valence-corrected chi connectivity index (χ3v) is 3.65. The molecule has 0 atom stereocenters. The van der Waals surface area contributed by atoms with Gasteiger partial charge in [0.1, 0.15) is 11.4 Å². The number of non-ortho nitro benzene ring substituents is 1. The van der Waals surface area contributed by atoms with E-state index in [1.165, 1.54) is 6.20 Å². The summed E-state index contributed by atoms with van der Waals surface area (Å²) < 4.78 is 29.6. The number of rotatable bonds is 3. The Kier molecular flexibility index (Phi) is 3.87. The van der Waals surface area contributed by atoms with Crippen molar-refractivity contribution in [1.29, 1.82) is 0 Å². The first-order chi connectivity index (χ1) is 11.0. The van der Waals surface area contributed by atoms with Crippen LogP contribution < -0.4 is 0 Å². The molecule has 0 spiro atoms. The Labute approximate surface area is 136 Å². The maximum Gasteiger partial charge on any atom is 0.275 e. The first kappa shape index (κ1) is 15.2. The highest BCUT2D eigenvalue weighted by molar-refractivity contribution is 9.10. The Morgan fingerprint density at radius 2 is 1.78 bits per heavy atom. The van der Waals surface area contributed by atoms with Crippen molar-refractivity contribution < 1.29 is 13.7 Å². The van der Waals surface area contributed by atoms with Gasteiger partial charge in [-0.25, -0.2) is 13.5 Å². The zero-order valence-corrected chi connectivity index (χ0v) is 12.9. The Bertz CT molecular complexity index is 876. The van der Waals surface area contributed by atoms with Crippen LogP contribution in [0.3, 0.4) is 0 Å². The summed E-state index contributed by atoms with van der Waals surface area (Å²) in [7, 11) is 0. The molecule has 0 aliphatic carbocycles. The number of nitro benzene ring substituents is 1. The summed E-state index contributed by atoms with van der Waals surface area (Å²) in [5.41, 5.74) is 0.0128. The highest BCUT2D eigenvalue weighted by Crippen LogP contribution is 2.30. The SMILES string of the molecule is O=[N+]([O-])c1cc(F)c(-n2cc(Br)c(-c3ccncc3)n2)c(F)c1. The molecule has 0 saturated heterocycles. The number of hydrogen-bond donors (Lipinski definition) is 0. The van der Waals surface area contributed by atoms with Gasteiger partial charge < -0.3 is 0 Å². The first-order valence-electron chi connectivity index (χ1n) is 6.26. The van der Waals surface area contributed by atoms with Gasteiger partial charge in [-0.2, -0.15) is 5.10 Å². The van der Waals surface area contributed by atoms with Crippen LogP contribution in [0.2, 0.25) is 0 Å². The van der Waals surface area contributed by atoms with Crippen molar-refractivity contribution in [2.45, 2.75) is 0 Å². The van der Waals surface area contributed by atoms with Gasteiger partial charge in [-0.15, -0.1) is 0 Å². The fourth-order valence-corrected chi connectivity index (χ4v) is 2.55. The van der Waals surface area contributed by atoms with Crippen molar-refractivity contribution in [3.63, 3.8) is 0 Å². The third kappa shape index (κ3) is 2.82. The predicted octanol–water partition coefficient (Wildman–Crippen LogP) is 3.88. The van der Waals surface area contributed by atoms with E-state index in [0.29, 0.717) is 27.9 Å². The van der Waals surface area contributed by atoms with Crippen LogP contribution in [0.15, 0.2) is 47.3 Å². The van der Waals surface area contributed by atoms with Crippen LogP contribution in [0, 0.1) is 21.7 Å². The number of benzene rings is 1. The van der Waals surface area contributed by atoms with Gasteiger partial charge in [0.25, 0.3) is 5.69 Å². The molecule has 0 fully saturated rings. The Morgan fingerprint density at radius 3 is 2.35 bits per heavy atom. The summed E-state index contributed by atoms with van der Waals surface area (Å²) in [6, 6.07) is 4.69. The van der Waals surface area contributed by atoms with E-state index in [2.05, 4.69) is 26.0 Å². The number of halogens is 3. The van der Waals surface area contributed by atoms with Crippen LogP contribution in [-0.2, 0) is 0 Å². The van der Waals surface area contributed by atoms with Crippen LogP contribution >= 0.6 is 15.9 Å². The Balaban J connectivity index is 2.12. The minimum absolute atomic E-state index is 0.463. The normalized spacial score (nSPS) is 10.7. The van der Waals surface area contributed by atoms with Gasteiger partial charge >= 0.3 is 0 Å². The van der Waals surface area contributed by atoms with E-state index in [4.69, 9.17) is 0 Å².